The molecule has 1 aliphatic carbocycles. The van der Waals surface area contributed by atoms with Crippen LogP contribution in [-0.4, -0.2) is 37.8 Å². The Morgan fingerprint density at radius 1 is 1.13 bits per heavy atom. The van der Waals surface area contributed by atoms with E-state index in [2.05, 4.69) is 30.5 Å². The topological polar surface area (TPSA) is 88.6 Å². The van der Waals surface area contributed by atoms with E-state index < -0.39 is 0 Å². The number of aromatic nitrogens is 5. The fourth-order valence-electron chi connectivity index (χ4n) is 3.02. The number of ether oxygens (including phenoxy) is 1. The Balaban J connectivity index is 1.32. The van der Waals surface area contributed by atoms with E-state index in [4.69, 9.17) is 4.74 Å². The number of rotatable bonds is 5. The third-order valence-electron chi connectivity index (χ3n) is 4.35. The van der Waals surface area contributed by atoms with Crippen LogP contribution in [0.25, 0.3) is 0 Å². The van der Waals surface area contributed by atoms with Crippen molar-refractivity contribution in [1.29, 1.82) is 0 Å². The molecule has 3 heterocycles. The molecule has 2 fully saturated rings. The second-order valence-corrected chi connectivity index (χ2v) is 6.53. The third kappa shape index (κ3) is 3.34. The Morgan fingerprint density at radius 3 is 2.65 bits per heavy atom. The lowest BCUT2D eigenvalue weighted by molar-refractivity contribution is 0.0471. The highest BCUT2D eigenvalue weighted by molar-refractivity contribution is 5.27. The van der Waals surface area contributed by atoms with Crippen LogP contribution in [-0.2, 0) is 4.74 Å². The van der Waals surface area contributed by atoms with Gasteiger partial charge in [0.1, 0.15) is 6.10 Å². The predicted molar refractivity (Wildman–Crippen MR) is 85.2 cm³/mol. The van der Waals surface area contributed by atoms with E-state index in [-0.39, 0.29) is 12.2 Å². The molecule has 1 saturated carbocycles. The number of aryl methyl sites for hydroxylation is 2. The molecule has 2 aromatic heterocycles. The van der Waals surface area contributed by atoms with Crippen molar-refractivity contribution >= 4 is 5.95 Å². The predicted octanol–water partition coefficient (Wildman–Crippen LogP) is 2.42. The van der Waals surface area contributed by atoms with Crippen LogP contribution in [0.5, 0.6) is 0 Å². The van der Waals surface area contributed by atoms with E-state index in [1.54, 1.807) is 0 Å². The minimum absolute atomic E-state index is 0.0296. The number of aromatic amines is 1. The summed E-state index contributed by atoms with van der Waals surface area (Å²) in [7, 11) is 0. The number of H-pyrrole nitrogens is 1. The van der Waals surface area contributed by atoms with Crippen molar-refractivity contribution in [3.05, 3.63) is 29.1 Å². The van der Waals surface area contributed by atoms with Crippen molar-refractivity contribution < 1.29 is 4.74 Å². The summed E-state index contributed by atoms with van der Waals surface area (Å²) in [5.41, 5.74) is 1.94. The second-order valence-electron chi connectivity index (χ2n) is 6.53. The van der Waals surface area contributed by atoms with Gasteiger partial charge in [-0.25, -0.2) is 15.0 Å². The van der Waals surface area contributed by atoms with E-state index in [0.29, 0.717) is 18.4 Å². The van der Waals surface area contributed by atoms with Gasteiger partial charge in [0.15, 0.2) is 11.6 Å². The van der Waals surface area contributed by atoms with E-state index in [1.165, 1.54) is 12.8 Å². The molecule has 23 heavy (non-hydrogen) atoms. The molecule has 1 aliphatic heterocycles. The molecule has 4 rings (SSSR count). The van der Waals surface area contributed by atoms with Crippen LogP contribution in [0.15, 0.2) is 6.07 Å². The third-order valence-corrected chi connectivity index (χ3v) is 4.35. The lowest BCUT2D eigenvalue weighted by atomic mass is 10.2. The van der Waals surface area contributed by atoms with Crippen LogP contribution >= 0.6 is 0 Å². The van der Waals surface area contributed by atoms with Crippen LogP contribution in [0.3, 0.4) is 0 Å². The maximum Gasteiger partial charge on any atom is 0.223 e. The summed E-state index contributed by atoms with van der Waals surface area (Å²) in [6.45, 7) is 4.66. The first-order chi connectivity index (χ1) is 11.2. The van der Waals surface area contributed by atoms with Gasteiger partial charge in [-0.15, -0.1) is 0 Å². The van der Waals surface area contributed by atoms with Gasteiger partial charge in [0.05, 0.1) is 6.10 Å². The van der Waals surface area contributed by atoms with Crippen LogP contribution in [0.4, 0.5) is 5.95 Å². The molecule has 0 aromatic carbocycles. The maximum atomic E-state index is 6.09. The van der Waals surface area contributed by atoms with Crippen molar-refractivity contribution in [1.82, 2.24) is 25.1 Å². The molecule has 2 aromatic rings. The number of hydrogen-bond donors (Lipinski definition) is 2. The number of nitrogens with zero attached hydrogens (tertiary/aromatic N) is 4. The summed E-state index contributed by atoms with van der Waals surface area (Å²) >= 11 is 0. The van der Waals surface area contributed by atoms with Gasteiger partial charge in [-0.2, -0.15) is 5.10 Å². The van der Waals surface area contributed by atoms with E-state index in [0.717, 1.165) is 35.9 Å². The number of nitrogens with one attached hydrogen (secondary N) is 2. The molecular weight excluding hydrogens is 292 g/mol. The monoisotopic (exact) mass is 314 g/mol. The van der Waals surface area contributed by atoms with Crippen LogP contribution in [0.1, 0.15) is 60.7 Å². The first kappa shape index (κ1) is 14.6. The molecule has 2 N–H and O–H groups in total. The van der Waals surface area contributed by atoms with E-state index in [1.807, 2.05) is 19.9 Å². The molecule has 0 bridgehead atoms. The average Bonchev–Trinajstić information content (AvgIpc) is 3.07. The first-order valence-electron chi connectivity index (χ1n) is 8.31. The van der Waals surface area contributed by atoms with E-state index in [9.17, 15) is 0 Å². The zero-order valence-electron chi connectivity index (χ0n) is 13.5. The largest absolute Gasteiger partial charge is 0.365 e. The average molecular weight is 314 g/mol. The van der Waals surface area contributed by atoms with Crippen molar-refractivity contribution in [2.45, 2.75) is 57.7 Å². The zero-order valence-corrected chi connectivity index (χ0v) is 13.5. The highest BCUT2D eigenvalue weighted by Gasteiger charge is 2.32. The minimum atomic E-state index is 0.0296. The normalized spacial score (nSPS) is 24.1. The Labute approximate surface area is 135 Å². The highest BCUT2D eigenvalue weighted by Crippen LogP contribution is 2.39. The fraction of sp³-hybridized carbons (Fsp3) is 0.625. The Hall–Kier alpha value is -2.02. The molecule has 7 heteroatoms. The second kappa shape index (κ2) is 5.88. The maximum absolute atomic E-state index is 6.09. The quantitative estimate of drug-likeness (QED) is 0.881. The zero-order chi connectivity index (χ0) is 15.8. The molecule has 1 saturated heterocycles. The molecule has 7 nitrogen and oxygen atoms in total. The standard InChI is InChI=1S/C16H22N6O/c1-9-7-10(2)19-16(18-9)17-8-12-5-6-13(23-12)15-20-14(21-22-15)11-3-4-11/h7,11-13H,3-6,8H2,1-2H3,(H,17,18,19)(H,20,21,22)/t12-,13+/m1/s1. The molecule has 2 atom stereocenters. The Morgan fingerprint density at radius 2 is 1.91 bits per heavy atom. The fourth-order valence-corrected chi connectivity index (χ4v) is 3.02. The molecule has 0 amide bonds. The van der Waals surface area contributed by atoms with Gasteiger partial charge in [-0.1, -0.05) is 0 Å². The lowest BCUT2D eigenvalue weighted by Gasteiger charge is -2.13. The lowest BCUT2D eigenvalue weighted by Crippen LogP contribution is -2.20. The summed E-state index contributed by atoms with van der Waals surface area (Å²) in [5.74, 6) is 3.07. The van der Waals surface area contributed by atoms with Gasteiger partial charge in [-0.3, -0.25) is 5.10 Å². The van der Waals surface area contributed by atoms with Gasteiger partial charge in [0.2, 0.25) is 5.95 Å². The summed E-state index contributed by atoms with van der Waals surface area (Å²) in [5, 5.41) is 10.6. The molecule has 122 valence electrons. The van der Waals surface area contributed by atoms with Gasteiger partial charge in [0, 0.05) is 23.9 Å². The Kier molecular flexibility index (Phi) is 3.72. The highest BCUT2D eigenvalue weighted by atomic mass is 16.5. The summed E-state index contributed by atoms with van der Waals surface area (Å²) in [4.78, 5) is 13.4. The SMILES string of the molecule is Cc1cc(C)nc(NC[C@H]2CC[C@@H](c3nc(C4CC4)n[nH]3)O2)n1. The van der Waals surface area contributed by atoms with Crippen molar-refractivity contribution in [2.75, 3.05) is 11.9 Å². The molecule has 0 spiro atoms. The van der Waals surface area contributed by atoms with Gasteiger partial charge in [-0.05, 0) is 45.6 Å². The van der Waals surface area contributed by atoms with Gasteiger partial charge < -0.3 is 10.1 Å². The summed E-state index contributed by atoms with van der Waals surface area (Å²) in [6, 6.07) is 1.97. The summed E-state index contributed by atoms with van der Waals surface area (Å²) < 4.78 is 6.09. The summed E-state index contributed by atoms with van der Waals surface area (Å²) in [6.07, 6.45) is 4.58. The molecule has 0 unspecified atom stereocenters. The minimum Gasteiger partial charge on any atom is -0.365 e. The first-order valence-corrected chi connectivity index (χ1v) is 8.31. The van der Waals surface area contributed by atoms with E-state index >= 15 is 0 Å². The van der Waals surface area contributed by atoms with Gasteiger partial charge in [0.25, 0.3) is 0 Å². The molecule has 2 aliphatic rings. The smallest absolute Gasteiger partial charge is 0.223 e. The van der Waals surface area contributed by atoms with Crippen molar-refractivity contribution in [3.8, 4) is 0 Å². The molecular formula is C16H22N6O. The van der Waals surface area contributed by atoms with Gasteiger partial charge >= 0.3 is 0 Å². The van der Waals surface area contributed by atoms with Crippen LogP contribution in [0, 0.1) is 13.8 Å². The number of anilines is 1. The Bertz CT molecular complexity index is 675. The van der Waals surface area contributed by atoms with Crippen LogP contribution in [0.2, 0.25) is 0 Å². The van der Waals surface area contributed by atoms with Crippen molar-refractivity contribution in [2.24, 2.45) is 0 Å². The number of hydrogen-bond acceptors (Lipinski definition) is 6. The van der Waals surface area contributed by atoms with Crippen molar-refractivity contribution in [3.63, 3.8) is 0 Å². The molecule has 0 radical (unpaired) electrons. The van der Waals surface area contributed by atoms with Crippen LogP contribution < -0.4 is 5.32 Å².